The van der Waals surface area contributed by atoms with Gasteiger partial charge in [0.05, 0.1) is 20.3 Å². The summed E-state index contributed by atoms with van der Waals surface area (Å²) in [7, 11) is 3.04. The molecule has 2 amide bonds. The molecule has 0 saturated heterocycles. The number of nitrogens with one attached hydrogen (secondary N) is 1. The molecule has 7 nitrogen and oxygen atoms in total. The zero-order chi connectivity index (χ0) is 20.7. The van der Waals surface area contributed by atoms with Crippen LogP contribution in [0.5, 0.6) is 11.5 Å². The molecule has 0 heterocycles. The van der Waals surface area contributed by atoms with Crippen LogP contribution < -0.4 is 14.8 Å². The van der Waals surface area contributed by atoms with Gasteiger partial charge < -0.3 is 24.8 Å². The van der Waals surface area contributed by atoms with Crippen molar-refractivity contribution in [3.05, 3.63) is 52.0 Å². The molecule has 2 aromatic carbocycles. The number of likely N-dealkylation sites (N-methyl/N-ethyl adjacent to an activating group) is 1. The van der Waals surface area contributed by atoms with Crippen molar-refractivity contribution in [1.82, 2.24) is 4.90 Å². The Bertz CT molecular complexity index is 856. The Kier molecular flexibility index (Phi) is 7.83. The van der Waals surface area contributed by atoms with Crippen LogP contribution in [-0.4, -0.2) is 55.7 Å². The summed E-state index contributed by atoms with van der Waals surface area (Å²) in [6, 6.07) is 10.3. The van der Waals surface area contributed by atoms with E-state index in [1.807, 2.05) is 19.1 Å². The predicted octanol–water partition coefficient (Wildman–Crippen LogP) is 2.85. The summed E-state index contributed by atoms with van der Waals surface area (Å²) in [6.07, 6.45) is 0. The van der Waals surface area contributed by atoms with Gasteiger partial charge in [0.25, 0.3) is 5.91 Å². The van der Waals surface area contributed by atoms with Crippen molar-refractivity contribution in [3.8, 4) is 11.5 Å². The fourth-order valence-corrected chi connectivity index (χ4v) is 3.02. The van der Waals surface area contributed by atoms with Gasteiger partial charge in [0, 0.05) is 22.8 Å². The van der Waals surface area contributed by atoms with Crippen LogP contribution >= 0.6 is 15.9 Å². The summed E-state index contributed by atoms with van der Waals surface area (Å²) in [5, 5.41) is 11.7. The molecular weight excluding hydrogens is 428 g/mol. The van der Waals surface area contributed by atoms with Crippen LogP contribution in [0.2, 0.25) is 0 Å². The minimum absolute atomic E-state index is 0.0821. The third-order valence-electron chi connectivity index (χ3n) is 3.95. The second kappa shape index (κ2) is 10.1. The number of carbonyl (C=O) groups excluding carboxylic acids is 2. The maximum atomic E-state index is 12.7. The lowest BCUT2D eigenvalue weighted by molar-refractivity contribution is -0.116. The number of aliphatic hydroxyl groups excluding tert-OH is 1. The summed E-state index contributed by atoms with van der Waals surface area (Å²) >= 11 is 3.38. The second-order valence-electron chi connectivity index (χ2n) is 6.11. The predicted molar refractivity (Wildman–Crippen MR) is 110 cm³/mol. The Labute approximate surface area is 172 Å². The van der Waals surface area contributed by atoms with E-state index in [0.29, 0.717) is 22.7 Å². The molecule has 0 atom stereocenters. The van der Waals surface area contributed by atoms with Crippen molar-refractivity contribution in [2.75, 3.05) is 39.2 Å². The number of benzene rings is 2. The molecule has 0 aliphatic carbocycles. The van der Waals surface area contributed by atoms with Gasteiger partial charge in [0.15, 0.2) is 11.5 Å². The standard InChI is InChI=1S/C20H23BrN2O5/c1-13-10-15(21)5-6-16(13)22-19(25)12-23(2)20(26)14-4-7-17(27-3)18(11-14)28-9-8-24/h4-7,10-11,24H,8-9,12H2,1-3H3,(H,22,25). The van der Waals surface area contributed by atoms with Crippen molar-refractivity contribution < 1.29 is 24.2 Å². The van der Waals surface area contributed by atoms with Gasteiger partial charge in [-0.2, -0.15) is 0 Å². The number of nitrogens with zero attached hydrogens (tertiary/aromatic N) is 1. The molecule has 2 rings (SSSR count). The third kappa shape index (κ3) is 5.71. The molecule has 0 aliphatic rings. The first kappa shape index (κ1) is 21.7. The van der Waals surface area contributed by atoms with E-state index < -0.39 is 0 Å². The van der Waals surface area contributed by atoms with E-state index in [4.69, 9.17) is 14.6 Å². The van der Waals surface area contributed by atoms with Gasteiger partial charge in [-0.15, -0.1) is 0 Å². The van der Waals surface area contributed by atoms with Crippen LogP contribution in [0, 0.1) is 6.92 Å². The quantitative estimate of drug-likeness (QED) is 0.645. The lowest BCUT2D eigenvalue weighted by Gasteiger charge is -2.18. The fraction of sp³-hybridized carbons (Fsp3) is 0.300. The van der Waals surface area contributed by atoms with E-state index in [-0.39, 0.29) is 31.6 Å². The summed E-state index contributed by atoms with van der Waals surface area (Å²) in [5.74, 6) is 0.174. The van der Waals surface area contributed by atoms with Crippen LogP contribution in [0.15, 0.2) is 40.9 Å². The molecule has 0 fully saturated rings. The molecule has 150 valence electrons. The van der Waals surface area contributed by atoms with E-state index in [2.05, 4.69) is 21.2 Å². The normalized spacial score (nSPS) is 10.3. The molecule has 0 unspecified atom stereocenters. The van der Waals surface area contributed by atoms with Crippen LogP contribution in [0.1, 0.15) is 15.9 Å². The second-order valence-corrected chi connectivity index (χ2v) is 7.02. The highest BCUT2D eigenvalue weighted by Crippen LogP contribution is 2.28. The molecule has 0 spiro atoms. The Morgan fingerprint density at radius 1 is 1.18 bits per heavy atom. The molecule has 2 aromatic rings. The van der Waals surface area contributed by atoms with Crippen molar-refractivity contribution in [2.45, 2.75) is 6.92 Å². The minimum atomic E-state index is -0.334. The highest BCUT2D eigenvalue weighted by molar-refractivity contribution is 9.10. The van der Waals surface area contributed by atoms with Gasteiger partial charge in [-0.1, -0.05) is 15.9 Å². The summed E-state index contributed by atoms with van der Waals surface area (Å²) in [5.41, 5.74) is 1.96. The van der Waals surface area contributed by atoms with Crippen molar-refractivity contribution in [1.29, 1.82) is 0 Å². The number of hydrogen-bond acceptors (Lipinski definition) is 5. The number of halogens is 1. The third-order valence-corrected chi connectivity index (χ3v) is 4.44. The lowest BCUT2D eigenvalue weighted by Crippen LogP contribution is -2.35. The first-order valence-corrected chi connectivity index (χ1v) is 9.38. The van der Waals surface area contributed by atoms with Crippen molar-refractivity contribution >= 4 is 33.4 Å². The summed E-state index contributed by atoms with van der Waals surface area (Å²) < 4.78 is 11.5. The van der Waals surface area contributed by atoms with E-state index in [1.54, 1.807) is 25.2 Å². The number of rotatable bonds is 8. The highest BCUT2D eigenvalue weighted by Gasteiger charge is 2.18. The molecular formula is C20H23BrN2O5. The van der Waals surface area contributed by atoms with Gasteiger partial charge in [0.1, 0.15) is 6.61 Å². The number of carbonyl (C=O) groups is 2. The fourth-order valence-electron chi connectivity index (χ4n) is 2.54. The van der Waals surface area contributed by atoms with Gasteiger partial charge in [-0.25, -0.2) is 0 Å². The maximum Gasteiger partial charge on any atom is 0.254 e. The summed E-state index contributed by atoms with van der Waals surface area (Å²) in [4.78, 5) is 26.3. The Morgan fingerprint density at radius 3 is 2.57 bits per heavy atom. The Hall–Kier alpha value is -2.58. The van der Waals surface area contributed by atoms with E-state index >= 15 is 0 Å². The molecule has 8 heteroatoms. The van der Waals surface area contributed by atoms with Gasteiger partial charge in [-0.3, -0.25) is 9.59 Å². The zero-order valence-corrected chi connectivity index (χ0v) is 17.6. The number of aliphatic hydroxyl groups is 1. The molecule has 0 radical (unpaired) electrons. The average Bonchev–Trinajstić information content (AvgIpc) is 2.67. The van der Waals surface area contributed by atoms with Gasteiger partial charge in [-0.05, 0) is 48.9 Å². The first-order valence-electron chi connectivity index (χ1n) is 8.59. The lowest BCUT2D eigenvalue weighted by atomic mass is 10.1. The van der Waals surface area contributed by atoms with Crippen LogP contribution in [0.4, 0.5) is 5.69 Å². The number of aryl methyl sites for hydroxylation is 1. The molecule has 0 bridgehead atoms. The van der Waals surface area contributed by atoms with Crippen molar-refractivity contribution in [3.63, 3.8) is 0 Å². The maximum absolute atomic E-state index is 12.7. The van der Waals surface area contributed by atoms with Crippen LogP contribution in [0.25, 0.3) is 0 Å². The van der Waals surface area contributed by atoms with E-state index in [9.17, 15) is 9.59 Å². The Balaban J connectivity index is 2.06. The van der Waals surface area contributed by atoms with Gasteiger partial charge >= 0.3 is 0 Å². The average molecular weight is 451 g/mol. The molecule has 0 saturated carbocycles. The first-order chi connectivity index (χ1) is 13.3. The highest BCUT2D eigenvalue weighted by atomic mass is 79.9. The molecule has 0 aromatic heterocycles. The molecule has 2 N–H and O–H groups in total. The number of anilines is 1. The topological polar surface area (TPSA) is 88.1 Å². The summed E-state index contributed by atoms with van der Waals surface area (Å²) in [6.45, 7) is 1.71. The number of methoxy groups -OCH3 is 1. The zero-order valence-electron chi connectivity index (χ0n) is 16.0. The van der Waals surface area contributed by atoms with E-state index in [0.717, 1.165) is 10.0 Å². The molecule has 28 heavy (non-hydrogen) atoms. The largest absolute Gasteiger partial charge is 0.493 e. The number of hydrogen-bond donors (Lipinski definition) is 2. The smallest absolute Gasteiger partial charge is 0.254 e. The minimum Gasteiger partial charge on any atom is -0.493 e. The SMILES string of the molecule is COc1ccc(C(=O)N(C)CC(=O)Nc2ccc(Br)cc2C)cc1OCCO. The van der Waals surface area contributed by atoms with E-state index in [1.165, 1.54) is 18.1 Å². The molecule has 0 aliphatic heterocycles. The van der Waals surface area contributed by atoms with Gasteiger partial charge in [0.2, 0.25) is 5.91 Å². The number of amides is 2. The Morgan fingerprint density at radius 2 is 1.93 bits per heavy atom. The van der Waals surface area contributed by atoms with Crippen LogP contribution in [0.3, 0.4) is 0 Å². The van der Waals surface area contributed by atoms with Crippen LogP contribution in [-0.2, 0) is 4.79 Å². The number of ether oxygens (including phenoxy) is 2. The van der Waals surface area contributed by atoms with Crippen molar-refractivity contribution in [2.24, 2.45) is 0 Å². The monoisotopic (exact) mass is 450 g/mol.